The number of alkyl halides is 1. The summed E-state index contributed by atoms with van der Waals surface area (Å²) in [5.41, 5.74) is 6.46. The van der Waals surface area contributed by atoms with Gasteiger partial charge in [0.25, 0.3) is 0 Å². The highest BCUT2D eigenvalue weighted by atomic mass is 79.9. The van der Waals surface area contributed by atoms with E-state index in [1.807, 2.05) is 26.8 Å². The molecule has 0 heterocycles. The van der Waals surface area contributed by atoms with E-state index in [9.17, 15) is 4.39 Å². The lowest BCUT2D eigenvalue weighted by atomic mass is 9.87. The van der Waals surface area contributed by atoms with Gasteiger partial charge in [0.1, 0.15) is 17.3 Å². The van der Waals surface area contributed by atoms with Crippen LogP contribution >= 0.6 is 27.5 Å². The number of nitrogens with two attached hydrogens (primary N) is 1. The Labute approximate surface area is 114 Å². The Bertz CT molecular complexity index is 429. The van der Waals surface area contributed by atoms with E-state index in [0.717, 1.165) is 5.56 Å². The Morgan fingerprint density at radius 1 is 1.47 bits per heavy atom. The summed E-state index contributed by atoms with van der Waals surface area (Å²) >= 11 is 8.82. The topological polar surface area (TPSA) is 38.4 Å². The molecule has 0 aromatic heterocycles. The van der Waals surface area contributed by atoms with Crippen molar-refractivity contribution in [2.24, 2.45) is 10.7 Å². The van der Waals surface area contributed by atoms with Gasteiger partial charge >= 0.3 is 0 Å². The Hall–Kier alpha value is -0.610. The number of benzene rings is 1. The summed E-state index contributed by atoms with van der Waals surface area (Å²) < 4.78 is 14.5. The van der Waals surface area contributed by atoms with Crippen LogP contribution < -0.4 is 5.73 Å². The van der Waals surface area contributed by atoms with Crippen LogP contribution in [0.15, 0.2) is 21.6 Å². The van der Waals surface area contributed by atoms with Crippen molar-refractivity contribution in [1.29, 1.82) is 0 Å². The van der Waals surface area contributed by atoms with E-state index in [1.165, 1.54) is 6.07 Å². The van der Waals surface area contributed by atoms with E-state index in [1.54, 1.807) is 0 Å². The van der Waals surface area contributed by atoms with Crippen molar-refractivity contribution in [2.75, 3.05) is 5.88 Å². The minimum Gasteiger partial charge on any atom is -0.386 e. The predicted octanol–water partition coefficient (Wildman–Crippen LogP) is 4.11. The highest BCUT2D eigenvalue weighted by Crippen LogP contribution is 2.34. The molecule has 0 amide bonds. The van der Waals surface area contributed by atoms with Gasteiger partial charge in [0.2, 0.25) is 0 Å². The lowest BCUT2D eigenvalue weighted by Gasteiger charge is -2.20. The summed E-state index contributed by atoms with van der Waals surface area (Å²) in [7, 11) is 0. The quantitative estimate of drug-likeness (QED) is 0.497. The van der Waals surface area contributed by atoms with Gasteiger partial charge in [-0.1, -0.05) is 20.8 Å². The largest absolute Gasteiger partial charge is 0.386 e. The highest BCUT2D eigenvalue weighted by molar-refractivity contribution is 9.10. The lowest BCUT2D eigenvalue weighted by Crippen LogP contribution is -2.13. The summed E-state index contributed by atoms with van der Waals surface area (Å²) in [4.78, 5) is 3.94. The van der Waals surface area contributed by atoms with Crippen LogP contribution in [0.1, 0.15) is 26.3 Å². The molecule has 0 aliphatic carbocycles. The van der Waals surface area contributed by atoms with Gasteiger partial charge in [0.15, 0.2) is 0 Å². The highest BCUT2D eigenvalue weighted by Gasteiger charge is 2.18. The Balaban J connectivity index is 3.30. The summed E-state index contributed by atoms with van der Waals surface area (Å²) in [6.07, 6.45) is 0. The van der Waals surface area contributed by atoms with Crippen molar-refractivity contribution in [2.45, 2.75) is 26.2 Å². The third-order valence-electron chi connectivity index (χ3n) is 2.28. The zero-order valence-electron chi connectivity index (χ0n) is 10.0. The summed E-state index contributed by atoms with van der Waals surface area (Å²) in [5.74, 6) is -0.139. The number of amidine groups is 1. The number of nitrogens with zero attached hydrogens (tertiary/aromatic N) is 1. The molecule has 0 fully saturated rings. The molecule has 0 saturated heterocycles. The normalized spacial score (nSPS) is 12.9. The third-order valence-corrected chi connectivity index (χ3v) is 3.15. The maximum atomic E-state index is 13.9. The van der Waals surface area contributed by atoms with Crippen LogP contribution in [0, 0.1) is 5.82 Å². The molecule has 5 heteroatoms. The molecule has 1 aromatic carbocycles. The fourth-order valence-electron chi connectivity index (χ4n) is 1.28. The average Bonchev–Trinajstić information content (AvgIpc) is 2.21. The van der Waals surface area contributed by atoms with Gasteiger partial charge in [0.05, 0.1) is 5.88 Å². The summed E-state index contributed by atoms with van der Waals surface area (Å²) in [6.45, 7) is 6.05. The van der Waals surface area contributed by atoms with E-state index in [2.05, 4.69) is 20.9 Å². The van der Waals surface area contributed by atoms with Crippen molar-refractivity contribution in [1.82, 2.24) is 0 Å². The minimum absolute atomic E-state index is 0.0763. The molecule has 94 valence electrons. The molecular weight excluding hydrogens is 307 g/mol. The van der Waals surface area contributed by atoms with Gasteiger partial charge in [0, 0.05) is 4.47 Å². The van der Waals surface area contributed by atoms with Crippen LogP contribution in [0.4, 0.5) is 10.1 Å². The maximum Gasteiger partial charge on any atom is 0.150 e. The first-order valence-corrected chi connectivity index (χ1v) is 6.47. The molecule has 1 rings (SSSR count). The second-order valence-corrected chi connectivity index (χ2v) is 5.90. The van der Waals surface area contributed by atoms with Crippen LogP contribution in [-0.4, -0.2) is 11.7 Å². The zero-order valence-corrected chi connectivity index (χ0v) is 12.4. The molecule has 2 N–H and O–H groups in total. The third kappa shape index (κ3) is 3.68. The number of rotatable bonds is 2. The molecule has 0 aliphatic heterocycles. The number of hydrogen-bond acceptors (Lipinski definition) is 1. The van der Waals surface area contributed by atoms with Crippen molar-refractivity contribution >= 4 is 39.1 Å². The van der Waals surface area contributed by atoms with Crippen molar-refractivity contribution in [3.8, 4) is 0 Å². The first-order valence-electron chi connectivity index (χ1n) is 5.14. The SMILES string of the molecule is CC(C)(C)c1cc(F)c(N=C(N)CCl)c(Br)c1. The van der Waals surface area contributed by atoms with Gasteiger partial charge < -0.3 is 5.73 Å². The molecule has 0 spiro atoms. The lowest BCUT2D eigenvalue weighted by molar-refractivity contribution is 0.572. The van der Waals surface area contributed by atoms with Gasteiger partial charge in [-0.15, -0.1) is 11.6 Å². The Kier molecular flexibility index (Phi) is 4.55. The van der Waals surface area contributed by atoms with E-state index < -0.39 is 5.82 Å². The number of halogens is 3. The second kappa shape index (κ2) is 5.36. The van der Waals surface area contributed by atoms with Gasteiger partial charge in [-0.05, 0) is 39.0 Å². The van der Waals surface area contributed by atoms with Crippen LogP contribution in [0.2, 0.25) is 0 Å². The Morgan fingerprint density at radius 3 is 2.47 bits per heavy atom. The molecule has 0 radical (unpaired) electrons. The number of aliphatic imine (C=N–C) groups is 1. The molecular formula is C12H15BrClFN2. The van der Waals surface area contributed by atoms with Crippen LogP contribution in [0.25, 0.3) is 0 Å². The molecule has 0 aliphatic rings. The molecule has 1 aromatic rings. The van der Waals surface area contributed by atoms with Crippen molar-refractivity contribution < 1.29 is 4.39 Å². The number of hydrogen-bond donors (Lipinski definition) is 1. The molecule has 0 unspecified atom stereocenters. The standard InChI is InChI=1S/C12H15BrClFN2/c1-12(2,3)7-4-8(13)11(9(15)5-7)17-10(16)6-14/h4-5H,6H2,1-3H3,(H2,16,17). The fourth-order valence-corrected chi connectivity index (χ4v) is 1.86. The van der Waals surface area contributed by atoms with Crippen LogP contribution in [0.5, 0.6) is 0 Å². The van der Waals surface area contributed by atoms with E-state index in [-0.39, 0.29) is 22.8 Å². The van der Waals surface area contributed by atoms with E-state index >= 15 is 0 Å². The monoisotopic (exact) mass is 320 g/mol. The first-order chi connectivity index (χ1) is 7.75. The van der Waals surface area contributed by atoms with E-state index in [0.29, 0.717) is 4.47 Å². The predicted molar refractivity (Wildman–Crippen MR) is 74.8 cm³/mol. The Morgan fingerprint density at radius 2 is 2.06 bits per heavy atom. The van der Waals surface area contributed by atoms with Crippen molar-refractivity contribution in [3.05, 3.63) is 28.0 Å². The van der Waals surface area contributed by atoms with Crippen molar-refractivity contribution in [3.63, 3.8) is 0 Å². The van der Waals surface area contributed by atoms with Crippen LogP contribution in [-0.2, 0) is 5.41 Å². The smallest absolute Gasteiger partial charge is 0.150 e. The average molecular weight is 322 g/mol. The zero-order chi connectivity index (χ0) is 13.2. The molecule has 0 saturated carbocycles. The summed E-state index contributed by atoms with van der Waals surface area (Å²) in [6, 6.07) is 3.33. The van der Waals surface area contributed by atoms with Gasteiger partial charge in [-0.2, -0.15) is 0 Å². The van der Waals surface area contributed by atoms with E-state index in [4.69, 9.17) is 17.3 Å². The van der Waals surface area contributed by atoms with Gasteiger partial charge in [-0.25, -0.2) is 9.38 Å². The molecule has 0 atom stereocenters. The molecule has 2 nitrogen and oxygen atoms in total. The maximum absolute atomic E-state index is 13.9. The fraction of sp³-hybridized carbons (Fsp3) is 0.417. The summed E-state index contributed by atoms with van der Waals surface area (Å²) in [5, 5.41) is 0. The van der Waals surface area contributed by atoms with Crippen LogP contribution in [0.3, 0.4) is 0 Å². The first kappa shape index (κ1) is 14.5. The molecule has 17 heavy (non-hydrogen) atoms. The molecule has 0 bridgehead atoms. The van der Waals surface area contributed by atoms with Gasteiger partial charge in [-0.3, -0.25) is 0 Å². The second-order valence-electron chi connectivity index (χ2n) is 4.78. The minimum atomic E-state index is -0.405.